The van der Waals surface area contributed by atoms with Crippen molar-refractivity contribution in [1.82, 2.24) is 0 Å². The van der Waals surface area contributed by atoms with Crippen LogP contribution in [0.3, 0.4) is 0 Å². The molecule has 39 heavy (non-hydrogen) atoms. The van der Waals surface area contributed by atoms with E-state index < -0.39 is 41.9 Å². The van der Waals surface area contributed by atoms with Gasteiger partial charge in [0, 0.05) is 12.0 Å². The number of hydrogen-bond donors (Lipinski definition) is 3. The lowest BCUT2D eigenvalue weighted by Crippen LogP contribution is -2.43. The van der Waals surface area contributed by atoms with E-state index in [-0.39, 0.29) is 35.2 Å². The third-order valence-corrected chi connectivity index (χ3v) is 6.46. The summed E-state index contributed by atoms with van der Waals surface area (Å²) in [6.45, 7) is 0.229. The molecule has 1 atom stereocenters. The minimum Gasteiger partial charge on any atom is -0.872 e. The molecular formula is C30H29NO8. The van der Waals surface area contributed by atoms with E-state index in [9.17, 15) is 34.8 Å². The Balaban J connectivity index is 1.85. The van der Waals surface area contributed by atoms with Gasteiger partial charge in [0.1, 0.15) is 17.9 Å². The van der Waals surface area contributed by atoms with Crippen LogP contribution >= 0.6 is 0 Å². The highest BCUT2D eigenvalue weighted by Gasteiger charge is 2.28. The minimum absolute atomic E-state index is 0.147. The van der Waals surface area contributed by atoms with Crippen molar-refractivity contribution in [3.05, 3.63) is 82.9 Å². The number of nitrogens with zero attached hydrogens (tertiary/aromatic N) is 1. The van der Waals surface area contributed by atoms with Crippen molar-refractivity contribution < 1.29 is 44.0 Å². The molecule has 202 valence electrons. The molecule has 0 spiro atoms. The van der Waals surface area contributed by atoms with Crippen LogP contribution in [0.15, 0.2) is 60.7 Å². The standard InChI is InChI=1S/C30H29NO8/c1-31(2,3)16-19(14-26(32)33)39-30(38)25-13-18-9-5-7-11-21(18)23(28(25)35)15-22-20-10-6-4-8-17(20)12-24(27(22)34)29(36)37/h4-13,19H,14-16H2,1-3H3,(H3-,32,33,34,35,36,37,38). The number of hydrogen-bond acceptors (Lipinski definition) is 6. The first-order valence-electron chi connectivity index (χ1n) is 12.3. The van der Waals surface area contributed by atoms with Crippen LogP contribution in [0.2, 0.25) is 0 Å². The van der Waals surface area contributed by atoms with Gasteiger partial charge in [0.15, 0.2) is 6.10 Å². The number of quaternary nitrogens is 1. The van der Waals surface area contributed by atoms with E-state index >= 15 is 0 Å². The van der Waals surface area contributed by atoms with Crippen LogP contribution in [0.4, 0.5) is 0 Å². The number of carbonyl (C=O) groups excluding carboxylic acids is 1. The summed E-state index contributed by atoms with van der Waals surface area (Å²) in [4.78, 5) is 36.5. The molecule has 0 aliphatic carbocycles. The number of benzene rings is 4. The number of aliphatic carboxylic acids is 1. The molecule has 4 aromatic carbocycles. The maximum absolute atomic E-state index is 13.3. The number of aromatic carboxylic acids is 1. The van der Waals surface area contributed by atoms with E-state index in [1.54, 1.807) is 48.5 Å². The van der Waals surface area contributed by atoms with Crippen molar-refractivity contribution in [2.24, 2.45) is 0 Å². The first-order chi connectivity index (χ1) is 18.4. The van der Waals surface area contributed by atoms with Crippen LogP contribution in [0, 0.1) is 0 Å². The fourth-order valence-electron chi connectivity index (χ4n) is 4.82. The molecule has 0 saturated carbocycles. The van der Waals surface area contributed by atoms with Gasteiger partial charge in [0.25, 0.3) is 0 Å². The van der Waals surface area contributed by atoms with Crippen molar-refractivity contribution in [1.29, 1.82) is 0 Å². The Labute approximate surface area is 224 Å². The van der Waals surface area contributed by atoms with E-state index in [0.717, 1.165) is 0 Å². The number of carboxylic acid groups (broad SMARTS) is 2. The number of carboxylic acids is 2. The van der Waals surface area contributed by atoms with Crippen LogP contribution in [0.1, 0.15) is 38.3 Å². The highest BCUT2D eigenvalue weighted by molar-refractivity contribution is 6.02. The van der Waals surface area contributed by atoms with Gasteiger partial charge in [-0.05, 0) is 39.2 Å². The molecule has 0 saturated heterocycles. The van der Waals surface area contributed by atoms with Crippen molar-refractivity contribution in [3.63, 3.8) is 0 Å². The van der Waals surface area contributed by atoms with Crippen molar-refractivity contribution in [2.75, 3.05) is 27.7 Å². The third kappa shape index (κ3) is 5.94. The topological polar surface area (TPSA) is 144 Å². The summed E-state index contributed by atoms with van der Waals surface area (Å²) in [6, 6.07) is 16.6. The molecule has 0 aromatic heterocycles. The van der Waals surface area contributed by atoms with Crippen molar-refractivity contribution >= 4 is 39.5 Å². The second-order valence-electron chi connectivity index (χ2n) is 10.5. The van der Waals surface area contributed by atoms with Gasteiger partial charge in [-0.2, -0.15) is 0 Å². The van der Waals surface area contributed by atoms with E-state index in [1.165, 1.54) is 12.1 Å². The second-order valence-corrected chi connectivity index (χ2v) is 10.5. The highest BCUT2D eigenvalue weighted by atomic mass is 16.5. The summed E-state index contributed by atoms with van der Waals surface area (Å²) in [5, 5.41) is 45.8. The Morgan fingerprint density at radius 3 is 1.95 bits per heavy atom. The summed E-state index contributed by atoms with van der Waals surface area (Å²) in [5.41, 5.74) is -0.136. The molecule has 0 bridgehead atoms. The smallest absolute Gasteiger partial charge is 0.342 e. The van der Waals surface area contributed by atoms with Gasteiger partial charge in [-0.15, -0.1) is 0 Å². The monoisotopic (exact) mass is 531 g/mol. The Morgan fingerprint density at radius 2 is 1.41 bits per heavy atom. The molecule has 0 aliphatic rings. The summed E-state index contributed by atoms with van der Waals surface area (Å²) >= 11 is 0. The maximum Gasteiger partial charge on any atom is 0.342 e. The van der Waals surface area contributed by atoms with Crippen LogP contribution in [0.5, 0.6) is 11.5 Å². The number of carbonyl (C=O) groups is 3. The molecule has 0 aliphatic heterocycles. The molecule has 4 aromatic rings. The Hall–Kier alpha value is -4.63. The van der Waals surface area contributed by atoms with E-state index in [0.29, 0.717) is 26.0 Å². The third-order valence-electron chi connectivity index (χ3n) is 6.46. The maximum atomic E-state index is 13.3. The summed E-state index contributed by atoms with van der Waals surface area (Å²) in [7, 11) is 5.51. The fourth-order valence-corrected chi connectivity index (χ4v) is 4.82. The summed E-state index contributed by atoms with van der Waals surface area (Å²) in [5.74, 6) is -4.48. The summed E-state index contributed by atoms with van der Waals surface area (Å²) < 4.78 is 5.91. The lowest BCUT2D eigenvalue weighted by Gasteiger charge is -2.28. The zero-order valence-electron chi connectivity index (χ0n) is 21.8. The van der Waals surface area contributed by atoms with E-state index in [2.05, 4.69) is 0 Å². The number of phenolic OH excluding ortho intramolecular Hbond substituents is 1. The lowest BCUT2D eigenvalue weighted by molar-refractivity contribution is -0.873. The van der Waals surface area contributed by atoms with Gasteiger partial charge < -0.3 is 29.6 Å². The van der Waals surface area contributed by atoms with Gasteiger partial charge in [0.05, 0.1) is 33.1 Å². The number of phenols is 1. The van der Waals surface area contributed by atoms with Gasteiger partial charge in [0.2, 0.25) is 0 Å². The molecule has 1 unspecified atom stereocenters. The first-order valence-corrected chi connectivity index (χ1v) is 12.3. The molecule has 0 fully saturated rings. The van der Waals surface area contributed by atoms with Crippen molar-refractivity contribution in [2.45, 2.75) is 18.9 Å². The first kappa shape index (κ1) is 27.4. The van der Waals surface area contributed by atoms with Gasteiger partial charge in [-0.25, -0.2) is 9.59 Å². The van der Waals surface area contributed by atoms with E-state index in [4.69, 9.17) is 4.74 Å². The molecule has 4 rings (SSSR count). The number of likely N-dealkylation sites (N-methyl/N-ethyl adjacent to an activating group) is 1. The second kappa shape index (κ2) is 10.6. The van der Waals surface area contributed by atoms with Crippen molar-refractivity contribution in [3.8, 4) is 11.5 Å². The Bertz CT molecular complexity index is 1600. The molecule has 0 amide bonds. The predicted molar refractivity (Wildman–Crippen MR) is 143 cm³/mol. The number of esters is 1. The average Bonchev–Trinajstić information content (AvgIpc) is 2.84. The van der Waals surface area contributed by atoms with Gasteiger partial charge in [-0.3, -0.25) is 4.79 Å². The quantitative estimate of drug-likeness (QED) is 0.219. The van der Waals surface area contributed by atoms with E-state index in [1.807, 2.05) is 21.1 Å². The SMILES string of the molecule is C[N+](C)(C)CC(CC(=O)O)OC(=O)c1cc2ccccc2c(Cc2c([O-])c(C(=O)O)cc3ccccc23)c1O. The molecule has 0 radical (unpaired) electrons. The normalized spacial score (nSPS) is 12.4. The minimum atomic E-state index is -1.36. The van der Waals surface area contributed by atoms with Crippen LogP contribution in [-0.2, 0) is 16.0 Å². The number of ether oxygens (including phenoxy) is 1. The lowest BCUT2D eigenvalue weighted by atomic mass is 9.90. The van der Waals surface area contributed by atoms with Crippen LogP contribution in [0.25, 0.3) is 21.5 Å². The number of rotatable bonds is 9. The predicted octanol–water partition coefficient (Wildman–Crippen LogP) is 3.77. The molecule has 9 heteroatoms. The molecule has 3 N–H and O–H groups in total. The summed E-state index contributed by atoms with van der Waals surface area (Å²) in [6.07, 6.45) is -1.50. The molecule has 0 heterocycles. The highest BCUT2D eigenvalue weighted by Crippen LogP contribution is 2.38. The Kier molecular flexibility index (Phi) is 7.47. The number of fused-ring (bicyclic) bond motifs is 2. The molecule has 9 nitrogen and oxygen atoms in total. The van der Waals surface area contributed by atoms with Crippen LogP contribution in [-0.4, -0.2) is 71.5 Å². The zero-order chi connectivity index (χ0) is 28.5. The van der Waals surface area contributed by atoms with Gasteiger partial charge in [-0.1, -0.05) is 54.3 Å². The Morgan fingerprint density at radius 1 is 0.872 bits per heavy atom. The van der Waals surface area contributed by atoms with Crippen LogP contribution < -0.4 is 5.11 Å². The zero-order valence-corrected chi connectivity index (χ0v) is 21.8. The largest absolute Gasteiger partial charge is 0.872 e. The molecular weight excluding hydrogens is 502 g/mol. The van der Waals surface area contributed by atoms with Gasteiger partial charge >= 0.3 is 17.9 Å². The fraction of sp³-hybridized carbons (Fsp3) is 0.233. The average molecular weight is 532 g/mol. The number of aromatic hydroxyl groups is 1.